The number of hydrogen-bond donors (Lipinski definition) is 20. The summed E-state index contributed by atoms with van der Waals surface area (Å²) in [6, 6.07) is 0. The van der Waals surface area contributed by atoms with Gasteiger partial charge in [-0.25, -0.2) is 79.5 Å². The summed E-state index contributed by atoms with van der Waals surface area (Å²) >= 11 is 0. The lowest BCUT2D eigenvalue weighted by Gasteiger charge is -2.49. The zero-order valence-electron chi connectivity index (χ0n) is 66.0. The fourth-order valence-electron chi connectivity index (χ4n) is 12.4. The average molecular weight is 2510 g/mol. The van der Waals surface area contributed by atoms with Crippen LogP contribution in [0.15, 0.2) is 0 Å². The van der Waals surface area contributed by atoms with E-state index in [0.29, 0.717) is 0 Å². The lowest BCUT2D eigenvalue weighted by atomic mass is 9.96. The van der Waals surface area contributed by atoms with E-state index < -0.39 is 421 Å². The van der Waals surface area contributed by atoms with E-state index in [1.807, 2.05) is 0 Å². The van der Waals surface area contributed by atoms with Crippen LogP contribution in [0.1, 0.15) is 0 Å². The molecule has 0 spiro atoms. The molecule has 6 fully saturated rings. The zero-order valence-corrected chi connectivity index (χ0v) is 81.5. The van der Waals surface area contributed by atoms with E-state index in [1.165, 1.54) is 0 Å². The van der Waals surface area contributed by atoms with E-state index in [2.05, 4.69) is 79.5 Å². The van der Waals surface area contributed by atoms with Gasteiger partial charge in [-0.3, -0.25) is 86.5 Å². The molecule has 0 saturated carbocycles. The Morgan fingerprint density at radius 1 is 0.147 bits per heavy atom. The molecular formula is C36H62O88S19. The van der Waals surface area contributed by atoms with Crippen molar-refractivity contribution in [1.29, 1.82) is 0 Å². The Morgan fingerprint density at radius 2 is 0.280 bits per heavy atom. The van der Waals surface area contributed by atoms with Gasteiger partial charge in [-0.1, -0.05) is 0 Å². The summed E-state index contributed by atoms with van der Waals surface area (Å²) in [4.78, 5) is 0. The highest BCUT2D eigenvalue weighted by molar-refractivity contribution is 7.85. The van der Waals surface area contributed by atoms with Crippen LogP contribution < -0.4 is 0 Å². The van der Waals surface area contributed by atoms with Crippen LogP contribution in [0.5, 0.6) is 0 Å². The predicted molar refractivity (Wildman–Crippen MR) is 397 cm³/mol. The van der Waals surface area contributed by atoms with Gasteiger partial charge in [-0.15, -0.1) is 0 Å². The third-order valence-corrected chi connectivity index (χ3v) is 25.0. The quantitative estimate of drug-likeness (QED) is 0.0251. The molecule has 143 heavy (non-hydrogen) atoms. The van der Waals surface area contributed by atoms with Crippen LogP contribution >= 0.6 is 0 Å². The Bertz CT molecular complexity index is 6830. The van der Waals surface area contributed by atoms with Crippen molar-refractivity contribution in [2.75, 3.05) is 39.6 Å². The van der Waals surface area contributed by atoms with Gasteiger partial charge < -0.3 is 57.2 Å². The molecule has 107 heteroatoms. The van der Waals surface area contributed by atoms with Crippen LogP contribution in [0.2, 0.25) is 0 Å². The number of ether oxygens (including phenoxy) is 11. The van der Waals surface area contributed by atoms with Crippen molar-refractivity contribution in [3.63, 3.8) is 0 Å². The second-order valence-corrected chi connectivity index (χ2v) is 46.5. The van der Waals surface area contributed by atoms with Gasteiger partial charge in [0.1, 0.15) is 110 Å². The number of rotatable bonds is 54. The van der Waals surface area contributed by atoms with Gasteiger partial charge in [-0.05, 0) is 0 Å². The number of hydrogen-bond acceptors (Lipinski definition) is 69. The lowest BCUT2D eigenvalue weighted by molar-refractivity contribution is -0.362. The monoisotopic (exact) mass is 2510 g/mol. The molecule has 6 aliphatic heterocycles. The van der Waals surface area contributed by atoms with E-state index in [0.717, 1.165) is 0 Å². The molecule has 0 aromatic carbocycles. The molecule has 88 nitrogen and oxygen atoms in total. The highest BCUT2D eigenvalue weighted by Crippen LogP contribution is 2.43. The van der Waals surface area contributed by atoms with Crippen molar-refractivity contribution >= 4 is 198 Å². The Labute approximate surface area is 799 Å². The zero-order chi connectivity index (χ0) is 110. The summed E-state index contributed by atoms with van der Waals surface area (Å²) in [5.41, 5.74) is 0. The number of aliphatic hydroxyl groups excluding tert-OH is 1. The topological polar surface area (TPSA) is 1330 Å². The Morgan fingerprint density at radius 3 is 0.469 bits per heavy atom. The third kappa shape index (κ3) is 46.1. The Kier molecular flexibility index (Phi) is 42.4. The second kappa shape index (κ2) is 47.2. The van der Waals surface area contributed by atoms with Gasteiger partial charge in [0.05, 0.1) is 39.6 Å². The standard InChI is InChI=1S/C36H62O88S19/c37-31-25(119-138(77,78)79)19(107-35-29(123-142(89,90)91)23(117-136(71,72)73)17(113-132(59,60)61)11(105-35)5-99-126(41,42)43)13(109-128(47,48)49)7(101-31)1-95-33-27(121-140(83,84)85)21(115-134(65,66)67)15(111-130(53,54)55)9(103-33)3-96-32-26(120-139(80,81)82)20(108-36-30(124-143(92,93)94)24(118-137(74,75)76)18(114-133(62,63)64)12(106-36)6-100-127(44,45)46)14(110-129(50,51)52)8(102-32)2-97-34-28(122-141(86,87)88)22(116-135(68,69)70)16(112-131(56,57)58)10(104-34)4-98-125(38,39)40/h7-37H,1-6H2,(H,38,39,40)(H,41,42,43)(H,44,45,46)(H,47,48,49)(H,50,51,52)(H,53,54,55)(H,56,57,58)(H,59,60,61)(H,62,63,64)(H,65,66,67)(H,68,69,70)(H,71,72,73)(H,74,75,76)(H,77,78,79)(H,80,81,82)(H,83,84,85)(H,86,87,88)(H,89,90,91)(H,92,93,94)/t7-,8-,9-,10+,11+,12-,13+,14-,15+,16+,17+,18+,19-,20+,21-,22+,23+,24+,25-,26+,27-,28-,29+,30+,31+,32+,33-,34+,35-,36+/m1/s1. The van der Waals surface area contributed by atoms with Crippen LogP contribution in [0.25, 0.3) is 0 Å². The van der Waals surface area contributed by atoms with Crippen LogP contribution in [-0.4, -0.2) is 475 Å². The first kappa shape index (κ1) is 129. The molecule has 0 aromatic heterocycles. The summed E-state index contributed by atoms with van der Waals surface area (Å²) in [5.74, 6) is 0. The second-order valence-electron chi connectivity index (χ2n) is 26.4. The first-order valence-electron chi connectivity index (χ1n) is 33.7. The highest BCUT2D eigenvalue weighted by atomic mass is 32.3. The summed E-state index contributed by atoms with van der Waals surface area (Å²) in [6.07, 6.45) is -114. The molecule has 0 bridgehead atoms. The van der Waals surface area contributed by atoms with Crippen LogP contribution in [-0.2, 0) is 329 Å². The third-order valence-electron chi connectivity index (χ3n) is 16.3. The van der Waals surface area contributed by atoms with Gasteiger partial charge in [0, 0.05) is 0 Å². The minimum absolute atomic E-state index is 2.29. The molecule has 0 unspecified atom stereocenters. The van der Waals surface area contributed by atoms with Gasteiger partial charge in [0.25, 0.3) is 0 Å². The number of aliphatic hydroxyl groups is 1. The highest BCUT2D eigenvalue weighted by Gasteiger charge is 2.65. The van der Waals surface area contributed by atoms with Crippen molar-refractivity contribution in [3.8, 4) is 0 Å². The van der Waals surface area contributed by atoms with E-state index in [4.69, 9.17) is 52.1 Å². The van der Waals surface area contributed by atoms with E-state index in [1.54, 1.807) is 0 Å². The molecule has 0 aromatic rings. The van der Waals surface area contributed by atoms with E-state index in [-0.39, 0.29) is 0 Å². The summed E-state index contributed by atoms with van der Waals surface area (Å²) < 4.78 is 802. The SMILES string of the molecule is O=S(=O)(O)OC[C@@H]1O[C@H](O[C@H]2[C@@H](OS(=O)(=O)O)[C@@H](O)O[C@H](CO[C@@H]3O[C@H](CO[C@H]4O[C@H](CO[C@H]5O[C@@H](COS(=O)(=O)O)[C@H](OS(=O)(=O)O)[C@H](OS(=O)(=O)O)[C@H]5OS(=O)(=O)O)[C@@H](OS(=O)(=O)O)[C@H](O[C@@H]5O[C@H](COS(=O)(=O)O)[C@H](OS(=O)(=O)O)[C@H](OS(=O)(=O)O)[C@@H]5OS(=O)(=O)O)[C@@H]4OS(=O)(=O)O)[C@H](OS(=O)(=O)O)[C@@H](OS(=O)(=O)O)[C@H]3OS(=O)(=O)O)[C@@H]2OS(=O)(=O)O)[C@@H](OS(=O)(=O)O)[C@@H](OS(=O)(=O)O)[C@H]1OS(=O)(=O)O. The van der Waals surface area contributed by atoms with E-state index >= 15 is 0 Å². The van der Waals surface area contributed by atoms with Crippen molar-refractivity contribution < 1.29 is 383 Å². The van der Waals surface area contributed by atoms with Crippen LogP contribution in [0.4, 0.5) is 0 Å². The normalized spacial score (nSPS) is 33.5. The maximum atomic E-state index is 13.3. The molecule has 6 heterocycles. The Hall–Kier alpha value is -2.95. The smallest absolute Gasteiger partial charge is 0.366 e. The summed E-state index contributed by atoms with van der Waals surface area (Å²) in [7, 11) is -126. The van der Waals surface area contributed by atoms with E-state index in [9.17, 15) is 252 Å². The molecule has 6 rings (SSSR count). The van der Waals surface area contributed by atoms with Crippen molar-refractivity contribution in [3.05, 3.63) is 0 Å². The van der Waals surface area contributed by atoms with Gasteiger partial charge in [0.15, 0.2) is 74.4 Å². The molecule has 0 aliphatic carbocycles. The molecular weight excluding hydrogens is 2450 g/mol. The fraction of sp³-hybridized carbons (Fsp3) is 1.00. The first-order valence-corrected chi connectivity index (χ1v) is 59.6. The summed E-state index contributed by atoms with van der Waals surface area (Å²) in [5, 5.41) is 11.4. The minimum atomic E-state index is -7.07. The molecule has 30 atom stereocenters. The van der Waals surface area contributed by atoms with Gasteiger partial charge in [-0.2, -0.15) is 160 Å². The molecule has 6 saturated heterocycles. The van der Waals surface area contributed by atoms with Crippen molar-refractivity contribution in [2.24, 2.45) is 0 Å². The molecule has 20 N–H and O–H groups in total. The average Bonchev–Trinajstić information content (AvgIpc) is 0.757. The lowest BCUT2D eigenvalue weighted by Crippen LogP contribution is -2.68. The van der Waals surface area contributed by atoms with Crippen molar-refractivity contribution in [2.45, 2.75) is 184 Å². The minimum Gasteiger partial charge on any atom is -0.366 e. The maximum Gasteiger partial charge on any atom is 0.397 e. The summed E-state index contributed by atoms with van der Waals surface area (Å²) in [6.45, 7) is -14.9. The van der Waals surface area contributed by atoms with Crippen molar-refractivity contribution in [1.82, 2.24) is 0 Å². The Balaban J connectivity index is 1.74. The van der Waals surface area contributed by atoms with Crippen LogP contribution in [0, 0.1) is 0 Å². The molecule has 0 radical (unpaired) electrons. The first-order chi connectivity index (χ1) is 63.5. The van der Waals surface area contributed by atoms with Gasteiger partial charge >= 0.3 is 198 Å². The molecule has 848 valence electrons. The maximum absolute atomic E-state index is 13.3. The van der Waals surface area contributed by atoms with Gasteiger partial charge in [0.2, 0.25) is 0 Å². The predicted octanol–water partition coefficient (Wildman–Crippen LogP) is -17.4. The molecule has 6 aliphatic rings. The largest absolute Gasteiger partial charge is 0.397 e. The fourth-order valence-corrected chi connectivity index (χ4v) is 21.3. The molecule has 0 amide bonds. The van der Waals surface area contributed by atoms with Crippen LogP contribution in [0.3, 0.4) is 0 Å².